The zero-order chi connectivity index (χ0) is 33.6. The smallest absolute Gasteiger partial charge is 0.267 e. The van der Waals surface area contributed by atoms with Gasteiger partial charge in [-0.2, -0.15) is 10.2 Å². The molecule has 2 aromatic carbocycles. The van der Waals surface area contributed by atoms with Crippen molar-refractivity contribution in [1.29, 1.82) is 0 Å². The van der Waals surface area contributed by atoms with Crippen molar-refractivity contribution in [3.05, 3.63) is 105 Å². The van der Waals surface area contributed by atoms with Gasteiger partial charge in [0.15, 0.2) is 11.5 Å². The van der Waals surface area contributed by atoms with E-state index in [-0.39, 0.29) is 62.8 Å². The summed E-state index contributed by atoms with van der Waals surface area (Å²) in [6.45, 7) is 1.56. The average Bonchev–Trinajstić information content (AvgIpc) is 3.53. The van der Waals surface area contributed by atoms with E-state index in [4.69, 9.17) is 16.6 Å². The van der Waals surface area contributed by atoms with Crippen LogP contribution >= 0.6 is 11.6 Å². The molecular weight excluding hydrogens is 656 g/mol. The SMILES string of the molecule is Cc1ccn(CC(=O)NC(Cc2cc(F)cc(F)c2)c2nc3ncccc3c(=O)n2-c2ccc(Cl)c3c(NS(C)(=O)=O)nn(C)c23)n1. The maximum atomic E-state index is 14.3. The number of rotatable bonds is 9. The molecule has 0 radical (unpaired) electrons. The van der Waals surface area contributed by atoms with Crippen molar-refractivity contribution in [2.24, 2.45) is 7.05 Å². The number of carbonyl (C=O) groups excluding carboxylic acids is 1. The van der Waals surface area contributed by atoms with Crippen molar-refractivity contribution in [1.82, 2.24) is 39.4 Å². The highest BCUT2D eigenvalue weighted by Crippen LogP contribution is 2.35. The molecule has 4 aromatic heterocycles. The van der Waals surface area contributed by atoms with E-state index in [0.29, 0.717) is 5.69 Å². The molecule has 0 aliphatic carbocycles. The Morgan fingerprint density at radius 2 is 1.83 bits per heavy atom. The van der Waals surface area contributed by atoms with Crippen LogP contribution < -0.4 is 15.6 Å². The van der Waals surface area contributed by atoms with Gasteiger partial charge in [0.2, 0.25) is 15.9 Å². The molecule has 4 heterocycles. The Labute approximate surface area is 270 Å². The van der Waals surface area contributed by atoms with Gasteiger partial charge in [0, 0.05) is 31.9 Å². The lowest BCUT2D eigenvalue weighted by molar-refractivity contribution is -0.122. The number of halogens is 3. The summed E-state index contributed by atoms with van der Waals surface area (Å²) in [5.74, 6) is -2.29. The highest BCUT2D eigenvalue weighted by atomic mass is 35.5. The van der Waals surface area contributed by atoms with Crippen molar-refractivity contribution < 1.29 is 22.0 Å². The minimum absolute atomic E-state index is 0.0293. The monoisotopic (exact) mass is 681 g/mol. The van der Waals surface area contributed by atoms with Crippen LogP contribution in [0.5, 0.6) is 0 Å². The number of benzene rings is 2. The molecule has 0 spiro atoms. The van der Waals surface area contributed by atoms with E-state index in [0.717, 1.165) is 24.5 Å². The number of hydrogen-bond acceptors (Lipinski definition) is 8. The zero-order valence-corrected chi connectivity index (χ0v) is 26.6. The van der Waals surface area contributed by atoms with Gasteiger partial charge >= 0.3 is 0 Å². The van der Waals surface area contributed by atoms with Gasteiger partial charge in [0.05, 0.1) is 45.0 Å². The van der Waals surface area contributed by atoms with Crippen molar-refractivity contribution in [3.8, 4) is 5.69 Å². The summed E-state index contributed by atoms with van der Waals surface area (Å²) < 4.78 is 59.3. The summed E-state index contributed by atoms with van der Waals surface area (Å²) in [6, 6.07) is 9.61. The third-order valence-corrected chi connectivity index (χ3v) is 8.08. The zero-order valence-electron chi connectivity index (χ0n) is 25.1. The van der Waals surface area contributed by atoms with Crippen molar-refractivity contribution >= 4 is 55.3 Å². The molecule has 13 nitrogen and oxygen atoms in total. The summed E-state index contributed by atoms with van der Waals surface area (Å²) in [5.41, 5.74) is 0.774. The van der Waals surface area contributed by atoms with Gasteiger partial charge in [0.25, 0.3) is 5.56 Å². The Kier molecular flexibility index (Phi) is 8.23. The number of hydrogen-bond donors (Lipinski definition) is 2. The Balaban J connectivity index is 1.60. The first-order valence-electron chi connectivity index (χ1n) is 14.0. The van der Waals surface area contributed by atoms with Gasteiger partial charge in [-0.25, -0.2) is 27.2 Å². The van der Waals surface area contributed by atoms with Crippen LogP contribution in [0.15, 0.2) is 65.7 Å². The van der Waals surface area contributed by atoms with E-state index in [2.05, 4.69) is 25.2 Å². The summed E-state index contributed by atoms with van der Waals surface area (Å²) in [6.07, 6.45) is 3.84. The third kappa shape index (κ3) is 6.55. The number of nitrogens with one attached hydrogen (secondary N) is 2. The second kappa shape index (κ2) is 12.2. The maximum absolute atomic E-state index is 14.3. The Bertz CT molecular complexity index is 2350. The fraction of sp³-hybridized carbons (Fsp3) is 0.200. The molecule has 17 heteroatoms. The molecule has 47 heavy (non-hydrogen) atoms. The van der Waals surface area contributed by atoms with Gasteiger partial charge < -0.3 is 5.32 Å². The number of pyridine rings is 1. The fourth-order valence-corrected chi connectivity index (χ4v) is 6.13. The van der Waals surface area contributed by atoms with Crippen LogP contribution in [0.1, 0.15) is 23.1 Å². The van der Waals surface area contributed by atoms with Crippen LogP contribution in [0.3, 0.4) is 0 Å². The number of carbonyl (C=O) groups is 1. The lowest BCUT2D eigenvalue weighted by Gasteiger charge is -2.23. The minimum Gasteiger partial charge on any atom is -0.344 e. The Morgan fingerprint density at radius 3 is 2.51 bits per heavy atom. The van der Waals surface area contributed by atoms with Gasteiger partial charge in [-0.15, -0.1) is 0 Å². The predicted octanol–water partition coefficient (Wildman–Crippen LogP) is 3.58. The second-order valence-electron chi connectivity index (χ2n) is 10.9. The lowest BCUT2D eigenvalue weighted by atomic mass is 10.0. The van der Waals surface area contributed by atoms with E-state index in [1.807, 2.05) is 0 Å². The highest BCUT2D eigenvalue weighted by Gasteiger charge is 2.27. The van der Waals surface area contributed by atoms with E-state index >= 15 is 0 Å². The van der Waals surface area contributed by atoms with Gasteiger partial charge in [-0.1, -0.05) is 11.6 Å². The van der Waals surface area contributed by atoms with E-state index in [1.165, 1.54) is 45.4 Å². The maximum Gasteiger partial charge on any atom is 0.267 e. The van der Waals surface area contributed by atoms with Crippen LogP contribution in [-0.4, -0.2) is 54.7 Å². The predicted molar refractivity (Wildman–Crippen MR) is 171 cm³/mol. The molecule has 2 N–H and O–H groups in total. The van der Waals surface area contributed by atoms with Crippen LogP contribution in [0, 0.1) is 18.6 Å². The molecule has 1 amide bonds. The van der Waals surface area contributed by atoms with Gasteiger partial charge in [-0.3, -0.25) is 28.2 Å². The molecule has 0 saturated heterocycles. The first-order chi connectivity index (χ1) is 22.3. The molecule has 0 bridgehead atoms. The Morgan fingerprint density at radius 1 is 1.09 bits per heavy atom. The van der Waals surface area contributed by atoms with Crippen molar-refractivity contribution in [2.45, 2.75) is 25.9 Å². The molecular formula is C30H26ClF2N9O4S. The number of fused-ring (bicyclic) bond motifs is 2. The summed E-state index contributed by atoms with van der Waals surface area (Å²) >= 11 is 6.55. The number of amides is 1. The van der Waals surface area contributed by atoms with Crippen LogP contribution in [0.2, 0.25) is 5.02 Å². The first kappa shape index (κ1) is 31.7. The fourth-order valence-electron chi connectivity index (χ4n) is 5.40. The van der Waals surface area contributed by atoms with Crippen LogP contribution in [0.25, 0.3) is 27.6 Å². The molecule has 242 valence electrons. The van der Waals surface area contributed by atoms with E-state index < -0.39 is 39.2 Å². The first-order valence-corrected chi connectivity index (χ1v) is 16.3. The van der Waals surface area contributed by atoms with Crippen LogP contribution in [0.4, 0.5) is 14.6 Å². The lowest BCUT2D eigenvalue weighted by Crippen LogP contribution is -2.37. The average molecular weight is 682 g/mol. The number of nitrogens with zero attached hydrogens (tertiary/aromatic N) is 7. The van der Waals surface area contributed by atoms with E-state index in [9.17, 15) is 26.8 Å². The minimum atomic E-state index is -3.78. The molecule has 1 atom stereocenters. The quantitative estimate of drug-likeness (QED) is 0.234. The largest absolute Gasteiger partial charge is 0.344 e. The van der Waals surface area contributed by atoms with Gasteiger partial charge in [-0.05, 0) is 55.0 Å². The standard InChI is InChI=1S/C30H26ClF2N9O4S/c1-16-8-10-41(37-16)15-24(43)35-22(13-17-11-18(32)14-19(33)12-17)29-36-27-20(5-4-9-34-27)30(44)42(29)23-7-6-21(31)25-26(23)40(2)38-28(25)39-47(3,45)46/h4-12,14,22H,13,15H2,1-3H3,(H,35,43)(H,38,39). The summed E-state index contributed by atoms with van der Waals surface area (Å²) in [7, 11) is -2.24. The molecule has 6 rings (SSSR count). The number of anilines is 1. The topological polar surface area (TPSA) is 159 Å². The molecule has 1 unspecified atom stereocenters. The second-order valence-corrected chi connectivity index (χ2v) is 13.0. The molecule has 0 saturated carbocycles. The Hall–Kier alpha value is -5.22. The summed E-state index contributed by atoms with van der Waals surface area (Å²) in [4.78, 5) is 36.7. The molecule has 0 fully saturated rings. The van der Waals surface area contributed by atoms with Crippen LogP contribution in [-0.2, 0) is 34.8 Å². The highest BCUT2D eigenvalue weighted by molar-refractivity contribution is 7.92. The van der Waals surface area contributed by atoms with Crippen molar-refractivity contribution in [3.63, 3.8) is 0 Å². The number of aryl methyl sites for hydroxylation is 2. The normalized spacial score (nSPS) is 12.5. The molecule has 0 aliphatic heterocycles. The third-order valence-electron chi connectivity index (χ3n) is 7.20. The molecule has 6 aromatic rings. The number of sulfonamides is 1. The van der Waals surface area contributed by atoms with Crippen molar-refractivity contribution in [2.75, 3.05) is 11.0 Å². The number of aromatic nitrogens is 7. The summed E-state index contributed by atoms with van der Waals surface area (Å²) in [5, 5.41) is 11.9. The van der Waals surface area contributed by atoms with E-state index in [1.54, 1.807) is 25.3 Å². The molecule has 0 aliphatic rings. The van der Waals surface area contributed by atoms with Gasteiger partial charge in [0.1, 0.15) is 24.0 Å².